The Balaban J connectivity index is 1.94. The summed E-state index contributed by atoms with van der Waals surface area (Å²) in [5, 5.41) is 4.59. The van der Waals surface area contributed by atoms with Crippen molar-refractivity contribution in [1.82, 2.24) is 10.6 Å². The fourth-order valence-corrected chi connectivity index (χ4v) is 3.00. The van der Waals surface area contributed by atoms with Crippen LogP contribution in [0.1, 0.15) is 32.3 Å². The van der Waals surface area contributed by atoms with Crippen LogP contribution in [-0.2, 0) is 15.0 Å². The minimum atomic E-state index is -4.49. The highest BCUT2D eigenvalue weighted by atomic mass is 79.9. The van der Waals surface area contributed by atoms with E-state index in [4.69, 9.17) is 0 Å². The van der Waals surface area contributed by atoms with Gasteiger partial charge in [-0.15, -0.1) is 0 Å². The van der Waals surface area contributed by atoms with Crippen LogP contribution in [0.2, 0.25) is 0 Å². The summed E-state index contributed by atoms with van der Waals surface area (Å²) in [7, 11) is 0. The Morgan fingerprint density at radius 3 is 2.36 bits per heavy atom. The summed E-state index contributed by atoms with van der Waals surface area (Å²) >= 11 is 3.36. The van der Waals surface area contributed by atoms with Crippen molar-refractivity contribution in [2.75, 3.05) is 6.54 Å². The molecule has 0 saturated carbocycles. The standard InChI is InChI=1S/C17H20BrF3N2O2/c1-16(2,10-3-5-11(18)6-4-10)9-22-14(24)12-7-8-13(17(19,20)21)23-15(12)25/h3-6,12-13H,7-9H2,1-2H3,(H,22,24)(H,23,25). The van der Waals surface area contributed by atoms with Crippen molar-refractivity contribution >= 4 is 27.7 Å². The van der Waals surface area contributed by atoms with E-state index in [0.717, 1.165) is 10.0 Å². The lowest BCUT2D eigenvalue weighted by Crippen LogP contribution is -2.55. The van der Waals surface area contributed by atoms with Crippen molar-refractivity contribution < 1.29 is 22.8 Å². The number of alkyl halides is 3. The Morgan fingerprint density at radius 2 is 1.84 bits per heavy atom. The molecule has 2 N–H and O–H groups in total. The van der Waals surface area contributed by atoms with Crippen molar-refractivity contribution in [2.45, 2.75) is 44.3 Å². The second-order valence-electron chi connectivity index (χ2n) is 6.84. The van der Waals surface area contributed by atoms with Crippen LogP contribution in [0.5, 0.6) is 0 Å². The Kier molecular flexibility index (Phi) is 5.81. The average Bonchev–Trinajstić information content (AvgIpc) is 2.52. The molecule has 2 unspecified atom stereocenters. The summed E-state index contributed by atoms with van der Waals surface area (Å²) in [6.45, 7) is 4.16. The lowest BCUT2D eigenvalue weighted by molar-refractivity contribution is -0.171. The van der Waals surface area contributed by atoms with Gasteiger partial charge >= 0.3 is 6.18 Å². The summed E-state index contributed by atoms with van der Waals surface area (Å²) in [5.74, 6) is -2.49. The maximum Gasteiger partial charge on any atom is 0.408 e. The molecule has 0 aliphatic carbocycles. The molecule has 1 heterocycles. The van der Waals surface area contributed by atoms with Gasteiger partial charge in [0.15, 0.2) is 0 Å². The van der Waals surface area contributed by atoms with Crippen LogP contribution in [0.3, 0.4) is 0 Å². The third kappa shape index (κ3) is 4.96. The van der Waals surface area contributed by atoms with Gasteiger partial charge in [-0.05, 0) is 30.5 Å². The van der Waals surface area contributed by atoms with Crippen molar-refractivity contribution in [3.05, 3.63) is 34.3 Å². The molecule has 1 aromatic rings. The molecule has 0 radical (unpaired) electrons. The van der Waals surface area contributed by atoms with Crippen LogP contribution in [0.4, 0.5) is 13.2 Å². The lowest BCUT2D eigenvalue weighted by Gasteiger charge is -2.31. The van der Waals surface area contributed by atoms with Crippen molar-refractivity contribution in [3.8, 4) is 0 Å². The zero-order valence-corrected chi connectivity index (χ0v) is 15.5. The SMILES string of the molecule is CC(C)(CNC(=O)C1CCC(C(F)(F)F)NC1=O)c1ccc(Br)cc1. The number of benzene rings is 1. The largest absolute Gasteiger partial charge is 0.408 e. The van der Waals surface area contributed by atoms with Crippen molar-refractivity contribution in [1.29, 1.82) is 0 Å². The number of rotatable bonds is 4. The number of nitrogens with one attached hydrogen (secondary N) is 2. The molecule has 8 heteroatoms. The normalized spacial score (nSPS) is 21.6. The van der Waals surface area contributed by atoms with Gasteiger partial charge in [0.05, 0.1) is 0 Å². The molecule has 0 spiro atoms. The zero-order chi connectivity index (χ0) is 18.8. The van der Waals surface area contributed by atoms with E-state index < -0.39 is 30.0 Å². The molecule has 1 aliphatic heterocycles. The first-order valence-electron chi connectivity index (χ1n) is 7.91. The molecule has 2 rings (SSSR count). The van der Waals surface area contributed by atoms with Gasteiger partial charge in [-0.3, -0.25) is 9.59 Å². The highest BCUT2D eigenvalue weighted by molar-refractivity contribution is 9.10. The fraction of sp³-hybridized carbons (Fsp3) is 0.529. The van der Waals surface area contributed by atoms with Gasteiger partial charge in [0.25, 0.3) is 0 Å². The summed E-state index contributed by atoms with van der Waals surface area (Å²) in [6.07, 6.45) is -4.88. The van der Waals surface area contributed by atoms with E-state index in [0.29, 0.717) is 0 Å². The Bertz CT molecular complexity index is 644. The molecule has 25 heavy (non-hydrogen) atoms. The molecule has 1 aromatic carbocycles. The number of carbonyl (C=O) groups excluding carboxylic acids is 2. The van der Waals surface area contributed by atoms with E-state index in [1.54, 1.807) is 0 Å². The van der Waals surface area contributed by atoms with Gasteiger partial charge < -0.3 is 10.6 Å². The van der Waals surface area contributed by atoms with Crippen LogP contribution in [0.15, 0.2) is 28.7 Å². The second kappa shape index (κ2) is 7.35. The van der Waals surface area contributed by atoms with E-state index in [1.807, 2.05) is 43.4 Å². The first kappa shape index (κ1) is 19.8. The zero-order valence-electron chi connectivity index (χ0n) is 13.9. The third-order valence-corrected chi connectivity index (χ3v) is 4.95. The van der Waals surface area contributed by atoms with Gasteiger partial charge in [0.1, 0.15) is 12.0 Å². The Labute approximate surface area is 152 Å². The molecule has 0 bridgehead atoms. The van der Waals surface area contributed by atoms with Crippen LogP contribution >= 0.6 is 15.9 Å². The summed E-state index contributed by atoms with van der Waals surface area (Å²) < 4.78 is 38.9. The van der Waals surface area contributed by atoms with E-state index in [-0.39, 0.29) is 24.8 Å². The van der Waals surface area contributed by atoms with Crippen molar-refractivity contribution in [2.24, 2.45) is 5.92 Å². The van der Waals surface area contributed by atoms with Gasteiger partial charge in [0.2, 0.25) is 11.8 Å². The highest BCUT2D eigenvalue weighted by Gasteiger charge is 2.45. The first-order chi connectivity index (χ1) is 11.5. The molecule has 1 aliphatic rings. The lowest BCUT2D eigenvalue weighted by atomic mass is 9.84. The van der Waals surface area contributed by atoms with E-state index >= 15 is 0 Å². The number of halogens is 4. The predicted molar refractivity (Wildman–Crippen MR) is 90.9 cm³/mol. The van der Waals surface area contributed by atoms with Crippen LogP contribution in [0.25, 0.3) is 0 Å². The van der Waals surface area contributed by atoms with Gasteiger partial charge in [-0.1, -0.05) is 41.9 Å². The maximum absolute atomic E-state index is 12.6. The van der Waals surface area contributed by atoms with Gasteiger partial charge in [-0.2, -0.15) is 13.2 Å². The molecule has 2 amide bonds. The number of amides is 2. The van der Waals surface area contributed by atoms with E-state index in [2.05, 4.69) is 21.2 Å². The second-order valence-corrected chi connectivity index (χ2v) is 7.76. The molecule has 4 nitrogen and oxygen atoms in total. The first-order valence-corrected chi connectivity index (χ1v) is 8.71. The Hall–Kier alpha value is -1.57. The number of carbonyl (C=O) groups is 2. The van der Waals surface area contributed by atoms with Crippen LogP contribution < -0.4 is 10.6 Å². The number of hydrogen-bond donors (Lipinski definition) is 2. The van der Waals surface area contributed by atoms with Crippen LogP contribution in [0, 0.1) is 5.92 Å². The summed E-state index contributed by atoms with van der Waals surface area (Å²) in [4.78, 5) is 24.1. The maximum atomic E-state index is 12.6. The quantitative estimate of drug-likeness (QED) is 0.734. The highest BCUT2D eigenvalue weighted by Crippen LogP contribution is 2.29. The average molecular weight is 421 g/mol. The molecule has 0 aromatic heterocycles. The fourth-order valence-electron chi connectivity index (χ4n) is 2.74. The molecular formula is C17H20BrF3N2O2. The van der Waals surface area contributed by atoms with Gasteiger partial charge in [-0.25, -0.2) is 0 Å². The smallest absolute Gasteiger partial charge is 0.355 e. The minimum absolute atomic E-state index is 0.111. The number of piperidine rings is 1. The van der Waals surface area contributed by atoms with Crippen molar-refractivity contribution in [3.63, 3.8) is 0 Å². The predicted octanol–water partition coefficient (Wildman–Crippen LogP) is 3.30. The summed E-state index contributed by atoms with van der Waals surface area (Å²) in [6, 6.07) is 5.77. The van der Waals surface area contributed by atoms with E-state index in [1.165, 1.54) is 0 Å². The molecule has 2 atom stereocenters. The molecule has 138 valence electrons. The number of hydrogen-bond acceptors (Lipinski definition) is 2. The molecular weight excluding hydrogens is 401 g/mol. The minimum Gasteiger partial charge on any atom is -0.355 e. The molecule has 1 saturated heterocycles. The molecule has 1 fully saturated rings. The Morgan fingerprint density at radius 1 is 1.24 bits per heavy atom. The van der Waals surface area contributed by atoms with Crippen LogP contribution in [-0.4, -0.2) is 30.6 Å². The van der Waals surface area contributed by atoms with Gasteiger partial charge in [0, 0.05) is 16.4 Å². The topological polar surface area (TPSA) is 58.2 Å². The third-order valence-electron chi connectivity index (χ3n) is 4.42. The monoisotopic (exact) mass is 420 g/mol. The summed E-state index contributed by atoms with van der Waals surface area (Å²) in [5.41, 5.74) is 0.622. The van der Waals surface area contributed by atoms with E-state index in [9.17, 15) is 22.8 Å².